The summed E-state index contributed by atoms with van der Waals surface area (Å²) in [6.45, 7) is 2.68. The predicted molar refractivity (Wildman–Crippen MR) is 135 cm³/mol. The first-order chi connectivity index (χ1) is 17.4. The summed E-state index contributed by atoms with van der Waals surface area (Å²) in [6, 6.07) is 13.3. The molecule has 2 N–H and O–H groups in total. The smallest absolute Gasteiger partial charge is 0.250 e. The third-order valence-corrected chi connectivity index (χ3v) is 7.45. The Morgan fingerprint density at radius 1 is 1.03 bits per heavy atom. The number of hydrogen-bond donors (Lipinski definition) is 2. The molecule has 8 heteroatoms. The van der Waals surface area contributed by atoms with Gasteiger partial charge in [0.2, 0.25) is 5.43 Å². The predicted octanol–water partition coefficient (Wildman–Crippen LogP) is 3.66. The molecular weight excluding hydrogens is 460 g/mol. The molecule has 2 aliphatic heterocycles. The largest absolute Gasteiger partial charge is 0.507 e. The van der Waals surface area contributed by atoms with Crippen LogP contribution in [0.2, 0.25) is 0 Å². The van der Waals surface area contributed by atoms with Crippen molar-refractivity contribution < 1.29 is 19.4 Å². The van der Waals surface area contributed by atoms with E-state index in [9.17, 15) is 19.8 Å². The molecule has 2 aromatic heterocycles. The van der Waals surface area contributed by atoms with Crippen LogP contribution in [-0.2, 0) is 13.1 Å². The van der Waals surface area contributed by atoms with E-state index in [1.807, 2.05) is 16.7 Å². The summed E-state index contributed by atoms with van der Waals surface area (Å²) in [6.07, 6.45) is 2.43. The van der Waals surface area contributed by atoms with Crippen LogP contribution in [0.1, 0.15) is 23.6 Å². The van der Waals surface area contributed by atoms with Crippen molar-refractivity contribution in [3.05, 3.63) is 86.6 Å². The number of phenols is 2. The van der Waals surface area contributed by atoms with Crippen molar-refractivity contribution in [2.75, 3.05) is 20.2 Å². The number of phenolic OH excluding ortho intramolecular Hbond substituents is 2. The van der Waals surface area contributed by atoms with Crippen LogP contribution in [0.25, 0.3) is 22.1 Å². The maximum Gasteiger partial charge on any atom is 0.250 e. The fraction of sp³-hybridized carbons (Fsp3) is 0.286. The monoisotopic (exact) mass is 486 g/mol. The van der Waals surface area contributed by atoms with E-state index in [1.165, 1.54) is 25.5 Å². The number of aromatic nitrogens is 1. The number of methoxy groups -OCH3 is 1. The second-order valence-electron chi connectivity index (χ2n) is 9.70. The Hall–Kier alpha value is -4.04. The molecule has 2 bridgehead atoms. The van der Waals surface area contributed by atoms with E-state index in [4.69, 9.17) is 9.15 Å². The van der Waals surface area contributed by atoms with Gasteiger partial charge in [0.05, 0.1) is 23.6 Å². The molecule has 0 unspecified atom stereocenters. The van der Waals surface area contributed by atoms with E-state index >= 15 is 0 Å². The topological polar surface area (TPSA) is 105 Å². The van der Waals surface area contributed by atoms with Crippen molar-refractivity contribution in [1.29, 1.82) is 0 Å². The molecule has 184 valence electrons. The molecule has 0 saturated carbocycles. The minimum absolute atomic E-state index is 0.0163. The Kier molecular flexibility index (Phi) is 5.34. The van der Waals surface area contributed by atoms with Gasteiger partial charge in [0.1, 0.15) is 17.6 Å². The van der Waals surface area contributed by atoms with Gasteiger partial charge in [0.15, 0.2) is 11.5 Å². The molecule has 36 heavy (non-hydrogen) atoms. The zero-order valence-corrected chi connectivity index (χ0v) is 19.8. The maximum absolute atomic E-state index is 13.4. The summed E-state index contributed by atoms with van der Waals surface area (Å²) in [5, 5.41) is 21.0. The third-order valence-electron chi connectivity index (χ3n) is 7.45. The molecule has 2 atom stereocenters. The third kappa shape index (κ3) is 3.65. The van der Waals surface area contributed by atoms with Crippen LogP contribution < -0.4 is 15.7 Å². The Labute approximate surface area is 206 Å². The van der Waals surface area contributed by atoms with Crippen molar-refractivity contribution in [3.63, 3.8) is 0 Å². The van der Waals surface area contributed by atoms with Crippen molar-refractivity contribution >= 4 is 11.0 Å². The lowest BCUT2D eigenvalue weighted by molar-refractivity contribution is 0.113. The SMILES string of the molecule is COc1cc(-c2coc3c(CN4C[C@@H]5C[C@H](C4)c4cccc(=O)n4C5)c(O)ccc3c2=O)ccc1O. The number of aromatic hydroxyl groups is 2. The van der Waals surface area contributed by atoms with Gasteiger partial charge in [-0.15, -0.1) is 0 Å². The molecule has 0 radical (unpaired) electrons. The molecular formula is C28H26N2O6. The van der Waals surface area contributed by atoms with Gasteiger partial charge in [-0.3, -0.25) is 14.5 Å². The maximum atomic E-state index is 13.4. The Bertz CT molecular complexity index is 1600. The summed E-state index contributed by atoms with van der Waals surface area (Å²) in [7, 11) is 1.45. The summed E-state index contributed by atoms with van der Waals surface area (Å²) < 4.78 is 13.0. The number of likely N-dealkylation sites (tertiary alicyclic amines) is 1. The van der Waals surface area contributed by atoms with Gasteiger partial charge in [0, 0.05) is 43.9 Å². The summed E-state index contributed by atoms with van der Waals surface area (Å²) >= 11 is 0. The molecule has 0 aliphatic carbocycles. The van der Waals surface area contributed by atoms with Crippen LogP contribution in [0.4, 0.5) is 0 Å². The number of benzene rings is 2. The minimum atomic E-state index is -0.228. The van der Waals surface area contributed by atoms with Gasteiger partial charge >= 0.3 is 0 Å². The summed E-state index contributed by atoms with van der Waals surface area (Å²) in [5.41, 5.74) is 2.72. The number of nitrogens with zero attached hydrogens (tertiary/aromatic N) is 2. The molecule has 0 spiro atoms. The lowest BCUT2D eigenvalue weighted by Crippen LogP contribution is -2.46. The normalized spacial score (nSPS) is 19.2. The fourth-order valence-electron chi connectivity index (χ4n) is 5.79. The molecule has 6 rings (SSSR count). The zero-order chi connectivity index (χ0) is 25.0. The van der Waals surface area contributed by atoms with E-state index in [-0.39, 0.29) is 34.2 Å². The number of ether oxygens (including phenoxy) is 1. The van der Waals surface area contributed by atoms with Crippen molar-refractivity contribution in [1.82, 2.24) is 9.47 Å². The molecule has 1 saturated heterocycles. The lowest BCUT2D eigenvalue weighted by Gasteiger charge is -2.42. The lowest BCUT2D eigenvalue weighted by atomic mass is 9.83. The quantitative estimate of drug-likeness (QED) is 0.454. The van der Waals surface area contributed by atoms with E-state index < -0.39 is 0 Å². The zero-order valence-electron chi connectivity index (χ0n) is 19.8. The number of hydrogen-bond acceptors (Lipinski definition) is 7. The average molecular weight is 487 g/mol. The highest BCUT2D eigenvalue weighted by Gasteiger charge is 2.35. The number of piperidine rings is 1. The second-order valence-corrected chi connectivity index (χ2v) is 9.70. The van der Waals surface area contributed by atoms with Crippen LogP contribution in [-0.4, -0.2) is 39.9 Å². The number of pyridine rings is 1. The van der Waals surface area contributed by atoms with Gasteiger partial charge in [-0.25, -0.2) is 0 Å². The first kappa shape index (κ1) is 22.4. The van der Waals surface area contributed by atoms with Gasteiger partial charge < -0.3 is 23.9 Å². The first-order valence-electron chi connectivity index (χ1n) is 12.0. The molecule has 2 aliphatic rings. The average Bonchev–Trinajstić information content (AvgIpc) is 2.87. The number of fused-ring (bicyclic) bond motifs is 5. The van der Waals surface area contributed by atoms with Crippen molar-refractivity contribution in [2.24, 2.45) is 5.92 Å². The Morgan fingerprint density at radius 2 is 1.86 bits per heavy atom. The van der Waals surface area contributed by atoms with Gasteiger partial charge in [0.25, 0.3) is 5.56 Å². The van der Waals surface area contributed by atoms with Gasteiger partial charge in [-0.2, -0.15) is 0 Å². The van der Waals surface area contributed by atoms with E-state index in [0.717, 1.165) is 25.2 Å². The van der Waals surface area contributed by atoms with Crippen molar-refractivity contribution in [2.45, 2.75) is 25.4 Å². The highest BCUT2D eigenvalue weighted by atomic mass is 16.5. The van der Waals surface area contributed by atoms with Gasteiger partial charge in [-0.05, 0) is 48.2 Å². The van der Waals surface area contributed by atoms with E-state index in [1.54, 1.807) is 24.3 Å². The minimum Gasteiger partial charge on any atom is -0.507 e. The Balaban J connectivity index is 1.35. The van der Waals surface area contributed by atoms with E-state index in [2.05, 4.69) is 4.90 Å². The first-order valence-corrected chi connectivity index (χ1v) is 12.0. The number of rotatable bonds is 4. The van der Waals surface area contributed by atoms with Gasteiger partial charge in [-0.1, -0.05) is 12.1 Å². The highest BCUT2D eigenvalue weighted by Crippen LogP contribution is 2.37. The highest BCUT2D eigenvalue weighted by molar-refractivity contribution is 5.86. The molecule has 4 aromatic rings. The van der Waals surface area contributed by atoms with Crippen LogP contribution >= 0.6 is 0 Å². The second kappa shape index (κ2) is 8.57. The van der Waals surface area contributed by atoms with Crippen LogP contribution in [0.3, 0.4) is 0 Å². The van der Waals surface area contributed by atoms with Crippen molar-refractivity contribution in [3.8, 4) is 28.4 Å². The molecule has 8 nitrogen and oxygen atoms in total. The molecule has 2 aromatic carbocycles. The fourth-order valence-corrected chi connectivity index (χ4v) is 5.79. The molecule has 1 fully saturated rings. The molecule has 0 amide bonds. The Morgan fingerprint density at radius 3 is 2.69 bits per heavy atom. The van der Waals surface area contributed by atoms with Crippen LogP contribution in [0.5, 0.6) is 17.2 Å². The van der Waals surface area contributed by atoms with Crippen LogP contribution in [0, 0.1) is 5.92 Å². The van der Waals surface area contributed by atoms with E-state index in [0.29, 0.717) is 46.7 Å². The summed E-state index contributed by atoms with van der Waals surface area (Å²) in [5.74, 6) is 0.913. The standard InChI is InChI=1S/C28H26N2O6/c1-35-25-10-17(5-7-24(25)32)21-15-36-28-19(27(21)34)6-8-23(31)20(28)14-29-11-16-9-18(13-29)22-3-2-4-26(33)30(22)12-16/h2-8,10,15-16,18,31-32H,9,11-14H2,1H3/t16-,18+/m0/s1. The summed E-state index contributed by atoms with van der Waals surface area (Å²) in [4.78, 5) is 28.0. The van der Waals surface area contributed by atoms with Crippen LogP contribution in [0.15, 0.2) is 68.8 Å². The molecule has 4 heterocycles.